The maximum absolute atomic E-state index is 13.6. The number of piperidine rings is 2. The molecule has 3 unspecified atom stereocenters. The highest BCUT2D eigenvalue weighted by Gasteiger charge is 2.41. The summed E-state index contributed by atoms with van der Waals surface area (Å²) in [5.41, 5.74) is 1.71. The molecule has 5 heterocycles. The van der Waals surface area contributed by atoms with Crippen LogP contribution in [0.15, 0.2) is 36.4 Å². The van der Waals surface area contributed by atoms with Crippen molar-refractivity contribution in [2.75, 3.05) is 26.2 Å². The average Bonchev–Trinajstić information content (AvgIpc) is 3.35. The highest BCUT2D eigenvalue weighted by atomic mass is 32.1. The monoisotopic (exact) mass is 506 g/mol. The fourth-order valence-corrected chi connectivity index (χ4v) is 6.54. The number of carbonyl (C=O) groups excluding carboxylic acids is 1. The van der Waals surface area contributed by atoms with E-state index in [2.05, 4.69) is 47.7 Å². The first-order valence-corrected chi connectivity index (χ1v) is 13.8. The van der Waals surface area contributed by atoms with E-state index in [0.29, 0.717) is 12.0 Å². The molecular formula is C26H34N8OS. The molecule has 0 saturated carbocycles. The molecule has 3 fully saturated rings. The Morgan fingerprint density at radius 3 is 2.72 bits per heavy atom. The molecule has 3 aliphatic rings. The third-order valence-electron chi connectivity index (χ3n) is 7.67. The van der Waals surface area contributed by atoms with Crippen LogP contribution in [-0.4, -0.2) is 69.8 Å². The van der Waals surface area contributed by atoms with Crippen LogP contribution in [-0.2, 0) is 4.79 Å². The molecule has 0 aliphatic carbocycles. The van der Waals surface area contributed by atoms with Crippen molar-refractivity contribution in [1.29, 1.82) is 0 Å². The fourth-order valence-electron chi connectivity index (χ4n) is 5.72. The van der Waals surface area contributed by atoms with E-state index in [1.165, 1.54) is 11.5 Å². The van der Waals surface area contributed by atoms with E-state index in [1.807, 2.05) is 31.2 Å². The van der Waals surface area contributed by atoms with Gasteiger partial charge in [0.2, 0.25) is 5.91 Å². The Hall–Kier alpha value is -2.50. The van der Waals surface area contributed by atoms with Gasteiger partial charge >= 0.3 is 0 Å². The van der Waals surface area contributed by atoms with Gasteiger partial charge < -0.3 is 10.6 Å². The summed E-state index contributed by atoms with van der Waals surface area (Å²) in [5.74, 6) is 0.918. The predicted molar refractivity (Wildman–Crippen MR) is 141 cm³/mol. The average molecular weight is 507 g/mol. The van der Waals surface area contributed by atoms with Crippen molar-refractivity contribution in [3.05, 3.63) is 52.9 Å². The quantitative estimate of drug-likeness (QED) is 0.417. The lowest BCUT2D eigenvalue weighted by Crippen LogP contribution is -2.71. The first-order chi connectivity index (χ1) is 17.6. The van der Waals surface area contributed by atoms with Crippen molar-refractivity contribution in [3.63, 3.8) is 0 Å². The number of benzene rings is 1. The minimum atomic E-state index is -0.408. The summed E-state index contributed by atoms with van der Waals surface area (Å²) in [5, 5.41) is 16.5. The molecule has 36 heavy (non-hydrogen) atoms. The molecule has 4 atom stereocenters. The Morgan fingerprint density at radius 2 is 1.94 bits per heavy atom. The molecule has 3 saturated heterocycles. The van der Waals surface area contributed by atoms with Crippen molar-refractivity contribution in [2.45, 2.75) is 62.9 Å². The summed E-state index contributed by atoms with van der Waals surface area (Å²) >= 11 is 1.52. The zero-order valence-electron chi connectivity index (χ0n) is 20.6. The van der Waals surface area contributed by atoms with Crippen molar-refractivity contribution < 1.29 is 4.79 Å². The lowest BCUT2D eigenvalue weighted by atomic mass is 9.94. The van der Waals surface area contributed by atoms with Gasteiger partial charge in [-0.15, -0.1) is 0 Å². The van der Waals surface area contributed by atoms with Crippen LogP contribution in [0.1, 0.15) is 54.0 Å². The molecule has 4 N–H and O–H groups in total. The van der Waals surface area contributed by atoms with Crippen molar-refractivity contribution >= 4 is 28.3 Å². The second-order valence-corrected chi connectivity index (χ2v) is 10.9. The summed E-state index contributed by atoms with van der Waals surface area (Å²) in [6, 6.07) is 12.4. The summed E-state index contributed by atoms with van der Waals surface area (Å²) in [6.07, 6.45) is 3.86. The van der Waals surface area contributed by atoms with Crippen molar-refractivity contribution in [3.8, 4) is 0 Å². The first kappa shape index (κ1) is 23.9. The lowest BCUT2D eigenvalue weighted by molar-refractivity contribution is -0.130. The Morgan fingerprint density at radius 1 is 1.08 bits per heavy atom. The summed E-state index contributed by atoms with van der Waals surface area (Å²) < 4.78 is 4.36. The summed E-state index contributed by atoms with van der Waals surface area (Å²) in [4.78, 5) is 25.5. The van der Waals surface area contributed by atoms with Crippen molar-refractivity contribution in [2.24, 2.45) is 0 Å². The summed E-state index contributed by atoms with van der Waals surface area (Å²) in [6.45, 7) is 5.72. The third kappa shape index (κ3) is 5.01. The second kappa shape index (κ2) is 10.5. The van der Waals surface area contributed by atoms with Crippen LogP contribution in [0.2, 0.25) is 0 Å². The molecular weight excluding hydrogens is 472 g/mol. The van der Waals surface area contributed by atoms with Crippen LogP contribution in [0.3, 0.4) is 0 Å². The summed E-state index contributed by atoms with van der Waals surface area (Å²) in [7, 11) is 0. The van der Waals surface area contributed by atoms with Gasteiger partial charge in [0.25, 0.3) is 0 Å². The Bertz CT molecular complexity index is 1200. The third-order valence-corrected chi connectivity index (χ3v) is 8.64. The zero-order valence-corrected chi connectivity index (χ0v) is 21.4. The highest BCUT2D eigenvalue weighted by Crippen LogP contribution is 2.31. The molecule has 6 rings (SSSR count). The predicted octanol–water partition coefficient (Wildman–Crippen LogP) is 2.03. The normalized spacial score (nSPS) is 28.3. The van der Waals surface area contributed by atoms with E-state index in [0.717, 1.165) is 79.3 Å². The van der Waals surface area contributed by atoms with Gasteiger partial charge in [0.15, 0.2) is 0 Å². The molecule has 190 valence electrons. The molecule has 2 aromatic heterocycles. The minimum absolute atomic E-state index is 0.0182. The number of hydrogen-bond donors (Lipinski definition) is 4. The number of fused-ring (bicyclic) bond motifs is 1. The van der Waals surface area contributed by atoms with E-state index >= 15 is 0 Å². The number of likely N-dealkylation sites (tertiary alicyclic amines) is 1. The van der Waals surface area contributed by atoms with Crippen molar-refractivity contribution in [1.82, 2.24) is 40.5 Å². The molecule has 3 aliphatic heterocycles. The highest BCUT2D eigenvalue weighted by molar-refractivity contribution is 7.05. The van der Waals surface area contributed by atoms with Crippen LogP contribution in [0.4, 0.5) is 0 Å². The van der Waals surface area contributed by atoms with Gasteiger partial charge in [0.05, 0.1) is 17.4 Å². The number of amides is 1. The number of carbonyl (C=O) groups is 1. The molecule has 10 heteroatoms. The van der Waals surface area contributed by atoms with E-state index in [-0.39, 0.29) is 18.4 Å². The van der Waals surface area contributed by atoms with Crippen LogP contribution in [0.5, 0.6) is 0 Å². The van der Waals surface area contributed by atoms with E-state index in [4.69, 9.17) is 4.98 Å². The SMILES string of the molecule is Cc1nsc(C2CCN(C3NC(=O)C(c4ccc5ccccc5n4)C(N[C@@H]4CCCNC4)N3)CC2)n1. The molecule has 1 aromatic carbocycles. The van der Waals surface area contributed by atoms with E-state index < -0.39 is 5.92 Å². The van der Waals surface area contributed by atoms with Crippen LogP contribution in [0.25, 0.3) is 10.9 Å². The molecule has 9 nitrogen and oxygen atoms in total. The molecule has 0 spiro atoms. The van der Waals surface area contributed by atoms with Crippen LogP contribution in [0, 0.1) is 6.92 Å². The molecule has 3 aromatic rings. The number of nitrogens with one attached hydrogen (secondary N) is 4. The van der Waals surface area contributed by atoms with Crippen LogP contribution < -0.4 is 21.3 Å². The smallest absolute Gasteiger partial charge is 0.234 e. The zero-order chi connectivity index (χ0) is 24.5. The number of para-hydroxylation sites is 1. The maximum atomic E-state index is 13.6. The second-order valence-electron chi connectivity index (χ2n) is 10.2. The van der Waals surface area contributed by atoms with Gasteiger partial charge in [-0.2, -0.15) is 4.37 Å². The Labute approximate surface area is 215 Å². The number of nitrogens with zero attached hydrogens (tertiary/aromatic N) is 4. The number of hydrogen-bond acceptors (Lipinski definition) is 9. The number of rotatable bonds is 5. The number of aromatic nitrogens is 3. The van der Waals surface area contributed by atoms with Gasteiger partial charge in [-0.25, -0.2) is 4.98 Å². The fraction of sp³-hybridized carbons (Fsp3) is 0.538. The number of pyridine rings is 1. The molecule has 0 radical (unpaired) electrons. The Balaban J connectivity index is 1.20. The first-order valence-electron chi connectivity index (χ1n) is 13.1. The molecule has 0 bridgehead atoms. The van der Waals surface area contributed by atoms with Crippen LogP contribution >= 0.6 is 11.5 Å². The number of aryl methyl sites for hydroxylation is 1. The van der Waals surface area contributed by atoms with Gasteiger partial charge in [0, 0.05) is 37.0 Å². The topological polar surface area (TPSA) is 107 Å². The van der Waals surface area contributed by atoms with E-state index in [9.17, 15) is 4.79 Å². The Kier molecular flexibility index (Phi) is 6.94. The van der Waals surface area contributed by atoms with Gasteiger partial charge in [-0.05, 0) is 62.8 Å². The standard InChI is InChI=1S/C26H34N8OS/c1-16-28-25(36-33-16)18-10-13-34(14-11-18)26-31-23(29-19-6-4-12-27-15-19)22(24(35)32-26)21-9-8-17-5-2-3-7-20(17)30-21/h2-3,5,7-9,18-19,22-23,26-27,29,31H,4,6,10-15H2,1H3,(H,32,35)/t19-,22?,23?,26?/m1/s1. The van der Waals surface area contributed by atoms with Gasteiger partial charge in [0.1, 0.15) is 23.0 Å². The van der Waals surface area contributed by atoms with Gasteiger partial charge in [-0.3, -0.25) is 25.3 Å². The van der Waals surface area contributed by atoms with Gasteiger partial charge in [-0.1, -0.05) is 24.3 Å². The minimum Gasteiger partial charge on any atom is -0.327 e. The largest absolute Gasteiger partial charge is 0.327 e. The van der Waals surface area contributed by atoms with E-state index in [1.54, 1.807) is 0 Å². The lowest BCUT2D eigenvalue weighted by Gasteiger charge is -2.45. The maximum Gasteiger partial charge on any atom is 0.234 e. The molecule has 1 amide bonds.